The molecule has 5 heteroatoms. The fourth-order valence-corrected chi connectivity index (χ4v) is 0.226. The van der Waals surface area contributed by atoms with Crippen LogP contribution in [0.25, 0.3) is 0 Å². The second-order valence-electron chi connectivity index (χ2n) is 2.28. The van der Waals surface area contributed by atoms with E-state index in [1.807, 2.05) is 0 Å². The molecule has 0 bridgehead atoms. The summed E-state index contributed by atoms with van der Waals surface area (Å²) in [4.78, 5) is 19.8. The predicted molar refractivity (Wildman–Crippen MR) is 53.9 cm³/mol. The fourth-order valence-electron chi connectivity index (χ4n) is 0.226. The van der Waals surface area contributed by atoms with Gasteiger partial charge in [-0.1, -0.05) is 13.2 Å². The van der Waals surface area contributed by atoms with E-state index in [0.29, 0.717) is 6.33 Å². The second-order valence-corrected chi connectivity index (χ2v) is 2.28. The summed E-state index contributed by atoms with van der Waals surface area (Å²) in [6.07, 6.45) is 2.42. The standard InChI is InChI=1S/C6H7FO2.C4H6O2/c1-2-6(8)9-5-3-4-7;1-3(2)4(5)6/h2-4H,1,5H2;1H2,2H3,(H,5,6). The normalized spacial score (nSPS) is 8.67. The Hall–Kier alpha value is -1.91. The number of rotatable bonds is 4. The molecule has 15 heavy (non-hydrogen) atoms. The number of esters is 1. The molecule has 0 spiro atoms. The maximum absolute atomic E-state index is 11.1. The minimum Gasteiger partial charge on any atom is -0.478 e. The van der Waals surface area contributed by atoms with E-state index in [1.165, 1.54) is 6.92 Å². The lowest BCUT2D eigenvalue weighted by atomic mass is 10.4. The van der Waals surface area contributed by atoms with Crippen molar-refractivity contribution in [1.82, 2.24) is 0 Å². The van der Waals surface area contributed by atoms with Crippen molar-refractivity contribution in [3.63, 3.8) is 0 Å². The van der Waals surface area contributed by atoms with Crippen molar-refractivity contribution < 1.29 is 23.8 Å². The number of ether oxygens (including phenoxy) is 1. The average molecular weight is 216 g/mol. The Labute approximate surface area is 87.4 Å². The lowest BCUT2D eigenvalue weighted by Gasteiger charge is -1.92. The van der Waals surface area contributed by atoms with E-state index < -0.39 is 11.9 Å². The van der Waals surface area contributed by atoms with Crippen LogP contribution in [0.2, 0.25) is 0 Å². The van der Waals surface area contributed by atoms with E-state index in [9.17, 15) is 14.0 Å². The fraction of sp³-hybridized carbons (Fsp3) is 0.200. The van der Waals surface area contributed by atoms with Crippen LogP contribution < -0.4 is 0 Å². The molecule has 1 N–H and O–H groups in total. The summed E-state index contributed by atoms with van der Waals surface area (Å²) in [5.74, 6) is -1.48. The Kier molecular flexibility index (Phi) is 10.6. The van der Waals surface area contributed by atoms with Crippen molar-refractivity contribution in [3.05, 3.63) is 37.2 Å². The predicted octanol–water partition coefficient (Wildman–Crippen LogP) is 1.85. The third-order valence-electron chi connectivity index (χ3n) is 0.943. The maximum Gasteiger partial charge on any atom is 0.330 e. The van der Waals surface area contributed by atoms with E-state index >= 15 is 0 Å². The number of aliphatic carboxylic acids is 1. The van der Waals surface area contributed by atoms with Crippen molar-refractivity contribution >= 4 is 11.9 Å². The highest BCUT2D eigenvalue weighted by molar-refractivity contribution is 5.84. The Morgan fingerprint density at radius 2 is 2.00 bits per heavy atom. The Morgan fingerprint density at radius 1 is 1.53 bits per heavy atom. The number of hydrogen-bond acceptors (Lipinski definition) is 3. The molecular weight excluding hydrogens is 203 g/mol. The van der Waals surface area contributed by atoms with Crippen LogP contribution in [-0.4, -0.2) is 23.7 Å². The third-order valence-corrected chi connectivity index (χ3v) is 0.943. The molecular formula is C10H13FO4. The number of hydrogen-bond donors (Lipinski definition) is 1. The Morgan fingerprint density at radius 3 is 2.27 bits per heavy atom. The maximum atomic E-state index is 11.1. The lowest BCUT2D eigenvalue weighted by Crippen LogP contribution is -1.98. The van der Waals surface area contributed by atoms with Gasteiger partial charge in [-0.2, -0.15) is 0 Å². The zero-order valence-corrected chi connectivity index (χ0v) is 8.40. The van der Waals surface area contributed by atoms with E-state index in [2.05, 4.69) is 17.9 Å². The highest BCUT2D eigenvalue weighted by Gasteiger charge is 1.90. The van der Waals surface area contributed by atoms with Gasteiger partial charge < -0.3 is 9.84 Å². The van der Waals surface area contributed by atoms with Gasteiger partial charge in [0, 0.05) is 11.6 Å². The van der Waals surface area contributed by atoms with Crippen LogP contribution in [0.15, 0.2) is 37.2 Å². The Bertz CT molecular complexity index is 257. The zero-order valence-electron chi connectivity index (χ0n) is 8.40. The van der Waals surface area contributed by atoms with Gasteiger partial charge in [-0.3, -0.25) is 0 Å². The van der Waals surface area contributed by atoms with Crippen molar-refractivity contribution in [2.24, 2.45) is 0 Å². The smallest absolute Gasteiger partial charge is 0.330 e. The van der Waals surface area contributed by atoms with E-state index in [0.717, 1.165) is 12.2 Å². The topological polar surface area (TPSA) is 63.6 Å². The molecule has 0 amide bonds. The highest BCUT2D eigenvalue weighted by atomic mass is 19.1. The van der Waals surface area contributed by atoms with E-state index in [4.69, 9.17) is 5.11 Å². The number of halogens is 1. The summed E-state index contributed by atoms with van der Waals surface area (Å²) in [5, 5.41) is 7.89. The number of carbonyl (C=O) groups excluding carboxylic acids is 1. The summed E-state index contributed by atoms with van der Waals surface area (Å²) in [5.41, 5.74) is 0.176. The average Bonchev–Trinajstić information content (AvgIpc) is 2.18. The monoisotopic (exact) mass is 216 g/mol. The van der Waals surface area contributed by atoms with Gasteiger partial charge in [0.25, 0.3) is 0 Å². The third kappa shape index (κ3) is 14.9. The summed E-state index contributed by atoms with van der Waals surface area (Å²) in [7, 11) is 0. The van der Waals surface area contributed by atoms with Crippen molar-refractivity contribution in [1.29, 1.82) is 0 Å². The number of carbonyl (C=O) groups is 2. The molecule has 0 fully saturated rings. The van der Waals surface area contributed by atoms with Crippen LogP contribution >= 0.6 is 0 Å². The van der Waals surface area contributed by atoms with E-state index in [-0.39, 0.29) is 12.2 Å². The van der Waals surface area contributed by atoms with Crippen molar-refractivity contribution in [2.75, 3.05) is 6.61 Å². The number of carboxylic acid groups (broad SMARTS) is 1. The molecule has 4 nitrogen and oxygen atoms in total. The van der Waals surface area contributed by atoms with Crippen molar-refractivity contribution in [3.8, 4) is 0 Å². The Balaban J connectivity index is 0. The van der Waals surface area contributed by atoms with Crippen molar-refractivity contribution in [2.45, 2.75) is 6.92 Å². The molecule has 0 aliphatic heterocycles. The molecule has 0 saturated carbocycles. The van der Waals surface area contributed by atoms with Gasteiger partial charge in [-0.05, 0) is 13.0 Å². The summed E-state index contributed by atoms with van der Waals surface area (Å²) in [6.45, 7) is 7.71. The largest absolute Gasteiger partial charge is 0.478 e. The van der Waals surface area contributed by atoms with Gasteiger partial charge >= 0.3 is 11.9 Å². The SMILES string of the molecule is C=C(C)C(=O)O.C=CC(=O)OCC=CF. The van der Waals surface area contributed by atoms with Crippen LogP contribution in [-0.2, 0) is 14.3 Å². The van der Waals surface area contributed by atoms with Crippen LogP contribution in [0.1, 0.15) is 6.92 Å². The molecule has 0 aromatic heterocycles. The van der Waals surface area contributed by atoms with Gasteiger partial charge in [0.05, 0.1) is 6.33 Å². The summed E-state index contributed by atoms with van der Waals surface area (Å²) >= 11 is 0. The highest BCUT2D eigenvalue weighted by Crippen LogP contribution is 1.81. The molecule has 0 radical (unpaired) electrons. The molecule has 0 heterocycles. The minimum absolute atomic E-state index is 0.0403. The number of carboxylic acids is 1. The zero-order chi connectivity index (χ0) is 12.3. The molecule has 0 atom stereocenters. The van der Waals surface area contributed by atoms with Gasteiger partial charge in [0.2, 0.25) is 0 Å². The van der Waals surface area contributed by atoms with Gasteiger partial charge in [0.1, 0.15) is 6.61 Å². The van der Waals surface area contributed by atoms with E-state index in [1.54, 1.807) is 0 Å². The summed E-state index contributed by atoms with van der Waals surface area (Å²) in [6, 6.07) is 0. The van der Waals surface area contributed by atoms with Crippen LogP contribution in [0.3, 0.4) is 0 Å². The first kappa shape index (κ1) is 15.6. The first-order chi connectivity index (χ1) is 6.95. The van der Waals surface area contributed by atoms with Crippen LogP contribution in [0, 0.1) is 0 Å². The molecule has 0 saturated heterocycles. The second kappa shape index (κ2) is 10.2. The minimum atomic E-state index is -0.935. The molecule has 0 aliphatic carbocycles. The molecule has 0 aromatic rings. The quantitative estimate of drug-likeness (QED) is 0.575. The molecule has 84 valence electrons. The van der Waals surface area contributed by atoms with Gasteiger partial charge in [-0.15, -0.1) is 0 Å². The van der Waals surface area contributed by atoms with Gasteiger partial charge in [-0.25, -0.2) is 14.0 Å². The molecule has 0 unspecified atom stereocenters. The van der Waals surface area contributed by atoms with Crippen LogP contribution in [0.5, 0.6) is 0 Å². The molecule has 0 aliphatic rings. The molecule has 0 rings (SSSR count). The summed E-state index contributed by atoms with van der Waals surface area (Å²) < 4.78 is 15.5. The lowest BCUT2D eigenvalue weighted by molar-refractivity contribution is -0.136. The van der Waals surface area contributed by atoms with Crippen LogP contribution in [0.4, 0.5) is 4.39 Å². The van der Waals surface area contributed by atoms with Gasteiger partial charge in [0.15, 0.2) is 0 Å². The first-order valence-corrected chi connectivity index (χ1v) is 3.88. The molecule has 0 aromatic carbocycles. The first-order valence-electron chi connectivity index (χ1n) is 3.88.